The topological polar surface area (TPSA) is 111 Å². The van der Waals surface area contributed by atoms with Gasteiger partial charge in [0, 0.05) is 51.4 Å². The van der Waals surface area contributed by atoms with Crippen molar-refractivity contribution in [3.8, 4) is 0 Å². The molecule has 0 saturated carbocycles. The van der Waals surface area contributed by atoms with Crippen molar-refractivity contribution in [2.24, 2.45) is 9.98 Å². The number of aliphatic imine (C=N–C) groups is 2. The van der Waals surface area contributed by atoms with E-state index in [9.17, 15) is 19.8 Å². The fourth-order valence-electron chi connectivity index (χ4n) is 3.60. The molecular formula is C24H34N4NiO4. The summed E-state index contributed by atoms with van der Waals surface area (Å²) in [5.74, 6) is -2.43. The maximum absolute atomic E-state index is 11.0. The normalized spacial score (nSPS) is 15.3. The van der Waals surface area contributed by atoms with Crippen molar-refractivity contribution in [2.75, 3.05) is 27.2 Å². The van der Waals surface area contributed by atoms with Crippen LogP contribution < -0.4 is 10.2 Å². The van der Waals surface area contributed by atoms with E-state index < -0.39 is 11.9 Å². The Labute approximate surface area is 207 Å². The van der Waals surface area contributed by atoms with Crippen LogP contribution in [0.25, 0.3) is 0 Å². The van der Waals surface area contributed by atoms with Crippen LogP contribution in [-0.2, 0) is 26.1 Å². The first-order valence-electron chi connectivity index (χ1n) is 11.0. The Kier molecular flexibility index (Phi) is 14.0. The average Bonchev–Trinajstić information content (AvgIpc) is 3.43. The molecular weight excluding hydrogens is 467 g/mol. The van der Waals surface area contributed by atoms with E-state index in [1.54, 1.807) is 37.7 Å². The summed E-state index contributed by atoms with van der Waals surface area (Å²) >= 11 is 0. The van der Waals surface area contributed by atoms with Crippen LogP contribution in [0.4, 0.5) is 0 Å². The Hall–Kier alpha value is -2.67. The van der Waals surface area contributed by atoms with Crippen LogP contribution in [0.15, 0.2) is 56.8 Å². The van der Waals surface area contributed by atoms with Gasteiger partial charge in [-0.25, -0.2) is 0 Å². The minimum atomic E-state index is -1.22. The Morgan fingerprint density at radius 2 is 1.12 bits per heavy atom. The van der Waals surface area contributed by atoms with Gasteiger partial charge in [0.05, 0.1) is 0 Å². The molecule has 9 heteroatoms. The van der Waals surface area contributed by atoms with Crippen molar-refractivity contribution in [1.82, 2.24) is 9.80 Å². The number of nitrogens with zero attached hydrogens (tertiary/aromatic N) is 4. The van der Waals surface area contributed by atoms with E-state index in [-0.39, 0.29) is 28.2 Å². The second-order valence-corrected chi connectivity index (χ2v) is 7.15. The first kappa shape index (κ1) is 30.3. The molecule has 0 aliphatic heterocycles. The van der Waals surface area contributed by atoms with Gasteiger partial charge in [-0.1, -0.05) is 38.2 Å². The van der Waals surface area contributed by atoms with E-state index in [1.807, 2.05) is 24.3 Å². The summed E-state index contributed by atoms with van der Waals surface area (Å²) in [4.78, 5) is 33.1. The summed E-state index contributed by atoms with van der Waals surface area (Å²) in [6, 6.07) is 0. The van der Waals surface area contributed by atoms with Gasteiger partial charge in [0.25, 0.3) is 0 Å². The number of amidine groups is 2. The van der Waals surface area contributed by atoms with E-state index in [2.05, 4.69) is 23.8 Å². The molecule has 2 aliphatic carbocycles. The molecule has 184 valence electrons. The molecule has 0 spiro atoms. The third kappa shape index (κ3) is 8.32. The second-order valence-electron chi connectivity index (χ2n) is 7.15. The third-order valence-corrected chi connectivity index (χ3v) is 5.19. The fourth-order valence-corrected chi connectivity index (χ4v) is 3.60. The summed E-state index contributed by atoms with van der Waals surface area (Å²) in [5, 5.41) is 21.9. The van der Waals surface area contributed by atoms with Gasteiger partial charge in [-0.2, -0.15) is 0 Å². The Bertz CT molecular complexity index is 809. The number of carboxylic acids is 2. The second kappa shape index (κ2) is 15.2. The van der Waals surface area contributed by atoms with Crippen molar-refractivity contribution in [3.05, 3.63) is 46.8 Å². The molecule has 0 heterocycles. The molecule has 0 amide bonds. The van der Waals surface area contributed by atoms with Gasteiger partial charge in [-0.15, -0.1) is 0 Å². The van der Waals surface area contributed by atoms with Crippen molar-refractivity contribution in [1.29, 1.82) is 0 Å². The van der Waals surface area contributed by atoms with Gasteiger partial charge in [0.1, 0.15) is 11.9 Å². The molecule has 0 fully saturated rings. The molecule has 2 rings (SSSR count). The van der Waals surface area contributed by atoms with E-state index >= 15 is 0 Å². The number of aliphatic carboxylic acids is 2. The van der Waals surface area contributed by atoms with Crippen molar-refractivity contribution < 1.29 is 36.3 Å². The van der Waals surface area contributed by atoms with Crippen molar-refractivity contribution >= 4 is 23.6 Å². The Morgan fingerprint density at radius 3 is 1.36 bits per heavy atom. The molecule has 0 aromatic heterocycles. The molecule has 33 heavy (non-hydrogen) atoms. The number of allylic oxidation sites excluding steroid dienone is 6. The number of likely N-dealkylation sites (N-methyl/N-ethyl adjacent to an activating group) is 2. The molecule has 0 aromatic rings. The van der Waals surface area contributed by atoms with Crippen LogP contribution in [0.1, 0.15) is 53.4 Å². The quantitative estimate of drug-likeness (QED) is 0.309. The summed E-state index contributed by atoms with van der Waals surface area (Å²) < 4.78 is 0. The van der Waals surface area contributed by atoms with Crippen LogP contribution in [0, 0.1) is 0 Å². The summed E-state index contributed by atoms with van der Waals surface area (Å²) in [7, 11) is 3.45. The maximum Gasteiger partial charge on any atom is 2.00 e. The zero-order valence-corrected chi connectivity index (χ0v) is 21.3. The minimum Gasteiger partial charge on any atom is -0.542 e. The number of rotatable bonds is 6. The van der Waals surface area contributed by atoms with Crippen molar-refractivity contribution in [2.45, 2.75) is 53.4 Å². The van der Waals surface area contributed by atoms with Gasteiger partial charge in [-0.05, 0) is 37.8 Å². The Morgan fingerprint density at radius 1 is 0.788 bits per heavy atom. The molecule has 2 aliphatic rings. The number of carbonyl (C=O) groups is 2. The Balaban J connectivity index is 0.000000602. The van der Waals surface area contributed by atoms with E-state index in [1.165, 1.54) is 0 Å². The SMILES string of the molecule is CCN=C(C(=O)[O-])N(C)C1=C(CC)C=CC1.CCN=C(C(=O)[O-])N(C)C1=C(CC)C=CC1.[Ni+2]. The smallest absolute Gasteiger partial charge is 0.542 e. The van der Waals surface area contributed by atoms with E-state index in [4.69, 9.17) is 0 Å². The van der Waals surface area contributed by atoms with Crippen LogP contribution >= 0.6 is 0 Å². The molecule has 0 unspecified atom stereocenters. The van der Waals surface area contributed by atoms with Gasteiger partial charge in [-0.3, -0.25) is 9.98 Å². The van der Waals surface area contributed by atoms with E-state index in [0.29, 0.717) is 13.1 Å². The third-order valence-electron chi connectivity index (χ3n) is 5.19. The number of hydrogen-bond acceptors (Lipinski definition) is 6. The summed E-state index contributed by atoms with van der Waals surface area (Å²) in [6.45, 7) is 8.59. The monoisotopic (exact) mass is 500 g/mol. The van der Waals surface area contributed by atoms with Crippen molar-refractivity contribution in [3.63, 3.8) is 0 Å². The number of hydrogen-bond donors (Lipinski definition) is 0. The standard InChI is InChI=1S/2C12H18N2O2.Ni/c2*1-4-9-7-6-8-10(9)14(3)11(12(15)16)13-5-2;/h2*6-7H,4-5,8H2,1-3H3,(H,15,16);/q;;+2/p-2. The predicted octanol–water partition coefficient (Wildman–Crippen LogP) is 1.42. The average molecular weight is 501 g/mol. The van der Waals surface area contributed by atoms with Crippen LogP contribution in [0.5, 0.6) is 0 Å². The molecule has 0 N–H and O–H groups in total. The number of carboxylic acid groups (broad SMARTS) is 2. The zero-order valence-electron chi connectivity index (χ0n) is 20.3. The molecule has 0 saturated heterocycles. The van der Waals surface area contributed by atoms with Crippen LogP contribution in [0.2, 0.25) is 0 Å². The first-order valence-corrected chi connectivity index (χ1v) is 11.0. The van der Waals surface area contributed by atoms with Gasteiger partial charge in [0.15, 0.2) is 11.7 Å². The van der Waals surface area contributed by atoms with Crippen LogP contribution in [-0.4, -0.2) is 60.6 Å². The maximum atomic E-state index is 11.0. The largest absolute Gasteiger partial charge is 2.00 e. The number of carbonyl (C=O) groups excluding carboxylic acids is 2. The van der Waals surface area contributed by atoms with Gasteiger partial charge in [0.2, 0.25) is 0 Å². The molecule has 0 bridgehead atoms. The fraction of sp³-hybridized carbons (Fsp3) is 0.500. The van der Waals surface area contributed by atoms with Crippen LogP contribution in [0.3, 0.4) is 0 Å². The van der Waals surface area contributed by atoms with E-state index in [0.717, 1.165) is 48.2 Å². The summed E-state index contributed by atoms with van der Waals surface area (Å²) in [6.07, 6.45) is 11.4. The summed E-state index contributed by atoms with van der Waals surface area (Å²) in [5.41, 5.74) is 4.32. The minimum absolute atomic E-state index is 0. The molecule has 0 radical (unpaired) electrons. The molecule has 0 atom stereocenters. The molecule has 8 nitrogen and oxygen atoms in total. The van der Waals surface area contributed by atoms with Gasteiger partial charge >= 0.3 is 16.5 Å². The van der Waals surface area contributed by atoms with Gasteiger partial charge < -0.3 is 29.6 Å². The predicted molar refractivity (Wildman–Crippen MR) is 124 cm³/mol. The molecule has 0 aromatic carbocycles. The zero-order chi connectivity index (χ0) is 24.3. The first-order chi connectivity index (χ1) is 15.2.